The minimum Gasteiger partial charge on any atom is -0.497 e. The number of hydrogen-bond acceptors (Lipinski definition) is 6. The minimum atomic E-state index is -4.06. The number of carbonyl (C=O) groups is 1. The summed E-state index contributed by atoms with van der Waals surface area (Å²) in [6.45, 7) is 4.07. The molecule has 5 aromatic rings. The molecule has 204 valence electrons. The second-order valence-corrected chi connectivity index (χ2v) is 11.9. The number of nitrogens with one attached hydrogen (secondary N) is 3. The highest BCUT2D eigenvalue weighted by molar-refractivity contribution is 7.89. The molecule has 2 heterocycles. The molecule has 3 N–H and O–H groups in total. The molecule has 0 aliphatic carbocycles. The first kappa shape index (κ1) is 27.2. The van der Waals surface area contributed by atoms with E-state index in [1.165, 1.54) is 17.4 Å². The number of amides is 1. The van der Waals surface area contributed by atoms with E-state index in [9.17, 15) is 13.2 Å². The molecular weight excluding hydrogens is 544 g/mol. The number of benzene rings is 3. The lowest BCUT2D eigenvalue weighted by Gasteiger charge is -2.13. The Morgan fingerprint density at radius 2 is 1.75 bits per heavy atom. The van der Waals surface area contributed by atoms with Gasteiger partial charge in [0, 0.05) is 33.6 Å². The fourth-order valence-corrected chi connectivity index (χ4v) is 5.90. The third-order valence-corrected chi connectivity index (χ3v) is 8.52. The first-order valence-corrected chi connectivity index (χ1v) is 14.9. The van der Waals surface area contributed by atoms with Gasteiger partial charge < -0.3 is 9.72 Å². The summed E-state index contributed by atoms with van der Waals surface area (Å²) in [6, 6.07) is 21.6. The molecule has 0 unspecified atom stereocenters. The highest BCUT2D eigenvalue weighted by Gasteiger charge is 2.22. The number of H-pyrrole nitrogens is 1. The lowest BCUT2D eigenvalue weighted by molar-refractivity contribution is -0.113. The lowest BCUT2D eigenvalue weighted by atomic mass is 10.0. The van der Waals surface area contributed by atoms with Gasteiger partial charge in [-0.25, -0.2) is 13.4 Å². The van der Waals surface area contributed by atoms with Crippen LogP contribution in [-0.4, -0.2) is 31.4 Å². The number of aromatic nitrogens is 2. The van der Waals surface area contributed by atoms with Crippen LogP contribution in [0.4, 0.5) is 5.13 Å². The van der Waals surface area contributed by atoms with Crippen molar-refractivity contribution in [2.45, 2.75) is 24.7 Å². The van der Waals surface area contributed by atoms with E-state index in [0.717, 1.165) is 27.8 Å². The third-order valence-electron chi connectivity index (χ3n) is 6.38. The third kappa shape index (κ3) is 5.93. The van der Waals surface area contributed by atoms with Crippen molar-refractivity contribution in [3.8, 4) is 17.0 Å². The zero-order valence-corrected chi connectivity index (χ0v) is 23.8. The molecule has 0 spiro atoms. The molecule has 8 nitrogen and oxygen atoms in total. The quantitative estimate of drug-likeness (QED) is 0.177. The van der Waals surface area contributed by atoms with Gasteiger partial charge in [-0.1, -0.05) is 44.2 Å². The monoisotopic (exact) mass is 572 g/mol. The van der Waals surface area contributed by atoms with Gasteiger partial charge in [-0.3, -0.25) is 14.8 Å². The van der Waals surface area contributed by atoms with Gasteiger partial charge in [0.2, 0.25) is 0 Å². The molecule has 2 aromatic heterocycles. The van der Waals surface area contributed by atoms with E-state index in [4.69, 9.17) is 4.74 Å². The second-order valence-electron chi connectivity index (χ2n) is 9.40. The number of para-hydroxylation sites is 1. The predicted octanol–water partition coefficient (Wildman–Crippen LogP) is 6.38. The number of anilines is 1. The molecule has 0 aliphatic heterocycles. The predicted molar refractivity (Wildman–Crippen MR) is 160 cm³/mol. The van der Waals surface area contributed by atoms with Gasteiger partial charge in [-0.05, 0) is 60.0 Å². The van der Waals surface area contributed by atoms with Gasteiger partial charge in [0.25, 0.3) is 15.9 Å². The van der Waals surface area contributed by atoms with Crippen LogP contribution in [-0.2, 0) is 14.8 Å². The summed E-state index contributed by atoms with van der Waals surface area (Å²) in [5.74, 6) is 0.350. The zero-order valence-electron chi connectivity index (χ0n) is 22.1. The fraction of sp³-hybridized carbons (Fsp3) is 0.133. The highest BCUT2D eigenvalue weighted by atomic mass is 32.2. The van der Waals surface area contributed by atoms with E-state index in [1.54, 1.807) is 37.6 Å². The number of aromatic amines is 1. The van der Waals surface area contributed by atoms with Crippen molar-refractivity contribution < 1.29 is 17.9 Å². The maximum absolute atomic E-state index is 13.5. The summed E-state index contributed by atoms with van der Waals surface area (Å²) in [5.41, 5.74) is 3.94. The van der Waals surface area contributed by atoms with Gasteiger partial charge in [-0.2, -0.15) is 0 Å². The largest absolute Gasteiger partial charge is 0.497 e. The Bertz CT molecular complexity index is 1790. The van der Waals surface area contributed by atoms with Crippen LogP contribution in [0.2, 0.25) is 0 Å². The molecule has 0 saturated heterocycles. The molecule has 0 radical (unpaired) electrons. The van der Waals surface area contributed by atoms with Gasteiger partial charge >= 0.3 is 0 Å². The number of carbonyl (C=O) groups excluding carboxylic acids is 1. The van der Waals surface area contributed by atoms with Gasteiger partial charge in [0.1, 0.15) is 11.4 Å². The summed E-state index contributed by atoms with van der Waals surface area (Å²) in [5, 5.41) is 5.76. The topological polar surface area (TPSA) is 113 Å². The lowest BCUT2D eigenvalue weighted by Crippen LogP contribution is -2.30. The van der Waals surface area contributed by atoms with Gasteiger partial charge in [0.05, 0.1) is 17.7 Å². The Balaban J connectivity index is 1.45. The SMILES string of the molecule is COc1ccc(-c2csc(NC(=O)C(=Cc3c[nH]c4ccccc34)NS(=O)(=O)c3ccc(C(C)C)cc3)n2)cc1. The fourth-order valence-electron chi connectivity index (χ4n) is 4.14. The van der Waals surface area contributed by atoms with Crippen LogP contribution < -0.4 is 14.8 Å². The maximum atomic E-state index is 13.5. The number of methoxy groups -OCH3 is 1. The van der Waals surface area contributed by atoms with Crippen LogP contribution in [0.1, 0.15) is 30.9 Å². The van der Waals surface area contributed by atoms with Crippen molar-refractivity contribution in [2.75, 3.05) is 12.4 Å². The summed E-state index contributed by atoms with van der Waals surface area (Å²) >= 11 is 1.24. The molecule has 0 saturated carbocycles. The van der Waals surface area contributed by atoms with Crippen molar-refractivity contribution in [2.24, 2.45) is 0 Å². The molecule has 0 bridgehead atoms. The van der Waals surface area contributed by atoms with Crippen LogP contribution in [0, 0.1) is 0 Å². The van der Waals surface area contributed by atoms with E-state index >= 15 is 0 Å². The van der Waals surface area contributed by atoms with Crippen molar-refractivity contribution in [1.82, 2.24) is 14.7 Å². The first-order chi connectivity index (χ1) is 19.2. The molecule has 10 heteroatoms. The standard InChI is InChI=1S/C30H28N4O4S2/c1-19(2)20-10-14-24(15-11-20)40(36,37)34-27(16-22-17-31-26-7-5-4-6-25(22)26)29(35)33-30-32-28(18-39-30)21-8-12-23(38-3)13-9-21/h4-19,31,34H,1-3H3,(H,32,33,35). The van der Waals surface area contributed by atoms with Gasteiger partial charge in [0.15, 0.2) is 5.13 Å². The van der Waals surface area contributed by atoms with Crippen LogP contribution in [0.15, 0.2) is 95.0 Å². The molecule has 0 fully saturated rings. The second kappa shape index (κ2) is 11.4. The number of ether oxygens (including phenoxy) is 1. The highest BCUT2D eigenvalue weighted by Crippen LogP contribution is 2.27. The Hall–Kier alpha value is -4.41. The Labute approximate surface area is 236 Å². The molecule has 0 aliphatic rings. The average molecular weight is 573 g/mol. The molecule has 0 atom stereocenters. The normalized spacial score (nSPS) is 12.1. The summed E-state index contributed by atoms with van der Waals surface area (Å²) in [6.07, 6.45) is 3.25. The Kier molecular flexibility index (Phi) is 7.72. The minimum absolute atomic E-state index is 0.0607. The van der Waals surface area contributed by atoms with E-state index < -0.39 is 15.9 Å². The van der Waals surface area contributed by atoms with Crippen LogP contribution >= 0.6 is 11.3 Å². The van der Waals surface area contributed by atoms with Crippen LogP contribution in [0.25, 0.3) is 28.2 Å². The van der Waals surface area contributed by atoms with Crippen molar-refractivity contribution in [3.63, 3.8) is 0 Å². The average Bonchev–Trinajstić information content (AvgIpc) is 3.60. The summed E-state index contributed by atoms with van der Waals surface area (Å²) < 4.78 is 34.4. The van der Waals surface area contributed by atoms with Crippen molar-refractivity contribution >= 4 is 49.4 Å². The smallest absolute Gasteiger partial charge is 0.274 e. The van der Waals surface area contributed by atoms with Crippen LogP contribution in [0.5, 0.6) is 5.75 Å². The Morgan fingerprint density at radius 3 is 2.45 bits per heavy atom. The number of rotatable bonds is 9. The number of sulfonamides is 1. The maximum Gasteiger partial charge on any atom is 0.274 e. The van der Waals surface area contributed by atoms with Crippen molar-refractivity contribution in [1.29, 1.82) is 0 Å². The van der Waals surface area contributed by atoms with E-state index in [1.807, 2.05) is 67.8 Å². The molecule has 1 amide bonds. The molecule has 40 heavy (non-hydrogen) atoms. The molecule has 5 rings (SSSR count). The first-order valence-electron chi connectivity index (χ1n) is 12.6. The summed E-state index contributed by atoms with van der Waals surface area (Å²) in [4.78, 5) is 21.2. The van der Waals surface area contributed by atoms with Crippen LogP contribution in [0.3, 0.4) is 0 Å². The van der Waals surface area contributed by atoms with E-state index in [0.29, 0.717) is 16.4 Å². The zero-order chi connectivity index (χ0) is 28.3. The van der Waals surface area contributed by atoms with Crippen molar-refractivity contribution in [3.05, 3.63) is 101 Å². The Morgan fingerprint density at radius 1 is 1.02 bits per heavy atom. The number of thiazole rings is 1. The number of fused-ring (bicyclic) bond motifs is 1. The molecular formula is C30H28N4O4S2. The van der Waals surface area contributed by atoms with E-state index in [2.05, 4.69) is 20.0 Å². The molecule has 3 aromatic carbocycles. The van der Waals surface area contributed by atoms with E-state index in [-0.39, 0.29) is 16.5 Å². The number of hydrogen-bond donors (Lipinski definition) is 3. The summed E-state index contributed by atoms with van der Waals surface area (Å²) in [7, 11) is -2.46. The van der Waals surface area contributed by atoms with Gasteiger partial charge in [-0.15, -0.1) is 11.3 Å². The number of nitrogens with zero attached hydrogens (tertiary/aromatic N) is 1.